The molecule has 10 heteroatoms. The zero-order chi connectivity index (χ0) is 31.7. The van der Waals surface area contributed by atoms with Crippen LogP contribution in [0.25, 0.3) is 42.5 Å². The molecule has 0 spiro atoms. The minimum atomic E-state index is -4.62. The Balaban J connectivity index is 1.18. The van der Waals surface area contributed by atoms with Crippen molar-refractivity contribution in [1.29, 1.82) is 0 Å². The number of ketones is 4. The maximum absolute atomic E-state index is 13.2. The molecule has 3 aromatic heterocycles. The van der Waals surface area contributed by atoms with Gasteiger partial charge in [0.15, 0.2) is 0 Å². The van der Waals surface area contributed by atoms with Gasteiger partial charge >= 0.3 is 6.18 Å². The number of benzene rings is 2. The first-order valence-corrected chi connectivity index (χ1v) is 16.3. The largest absolute Gasteiger partial charge is 0.416 e. The lowest BCUT2D eigenvalue weighted by Crippen LogP contribution is -2.13. The summed E-state index contributed by atoms with van der Waals surface area (Å²) in [6, 6.07) is 12.4. The van der Waals surface area contributed by atoms with E-state index in [1.807, 2.05) is 31.2 Å². The van der Waals surface area contributed by atoms with Crippen LogP contribution in [0, 0.1) is 6.92 Å². The standard InChI is InChI=1S/C35H19F3O4S3/c1-14-4-6-18-20(8-14)27(39)29(41)22(18)10-16-12-24-31(43-16)33-26(34(24,2)3)32-25(45-33)13-17(44-32)11-23-19-7-5-15(35(36,37)38)9-21(19)28(40)30(23)42/h4-13H,1-3H3/b22-10-,23-11-. The summed E-state index contributed by atoms with van der Waals surface area (Å²) in [5, 5.41) is 0. The Morgan fingerprint density at radius 3 is 1.91 bits per heavy atom. The van der Waals surface area contributed by atoms with Crippen LogP contribution in [0.1, 0.15) is 77.7 Å². The summed E-state index contributed by atoms with van der Waals surface area (Å²) in [5.41, 5.74) is 3.49. The third-order valence-corrected chi connectivity index (χ3v) is 12.3. The van der Waals surface area contributed by atoms with Crippen molar-refractivity contribution in [3.63, 3.8) is 0 Å². The number of rotatable bonds is 2. The summed E-state index contributed by atoms with van der Waals surface area (Å²) in [6.07, 6.45) is -1.20. The van der Waals surface area contributed by atoms with Gasteiger partial charge in [0.2, 0.25) is 23.1 Å². The summed E-state index contributed by atoms with van der Waals surface area (Å²) in [7, 11) is 0. The molecule has 0 amide bonds. The van der Waals surface area contributed by atoms with Crippen LogP contribution in [0.4, 0.5) is 13.2 Å². The molecule has 0 unspecified atom stereocenters. The Labute approximate surface area is 266 Å². The molecule has 45 heavy (non-hydrogen) atoms. The number of carbonyl (C=O) groups excluding carboxylic acids is 4. The van der Waals surface area contributed by atoms with Crippen molar-refractivity contribution in [3.05, 3.63) is 103 Å². The van der Waals surface area contributed by atoms with E-state index in [2.05, 4.69) is 19.9 Å². The van der Waals surface area contributed by atoms with Crippen molar-refractivity contribution in [1.82, 2.24) is 0 Å². The van der Waals surface area contributed by atoms with Crippen molar-refractivity contribution in [2.45, 2.75) is 32.4 Å². The Morgan fingerprint density at radius 2 is 1.27 bits per heavy atom. The van der Waals surface area contributed by atoms with Crippen LogP contribution >= 0.6 is 34.0 Å². The quantitative estimate of drug-likeness (QED) is 0.140. The van der Waals surface area contributed by atoms with Crippen LogP contribution in [0.3, 0.4) is 0 Å². The molecule has 0 saturated heterocycles. The molecule has 8 rings (SSSR count). The highest BCUT2D eigenvalue weighted by atomic mass is 32.1. The monoisotopic (exact) mass is 656 g/mol. The van der Waals surface area contributed by atoms with Gasteiger partial charge in [0, 0.05) is 47.0 Å². The number of halogens is 3. The maximum Gasteiger partial charge on any atom is 0.416 e. The first-order valence-electron chi connectivity index (χ1n) is 13.9. The van der Waals surface area contributed by atoms with Crippen LogP contribution in [0.2, 0.25) is 0 Å². The molecule has 5 aromatic rings. The lowest BCUT2D eigenvalue weighted by molar-refractivity contribution is -0.137. The van der Waals surface area contributed by atoms with Gasteiger partial charge in [-0.15, -0.1) is 34.0 Å². The van der Waals surface area contributed by atoms with Gasteiger partial charge in [-0.25, -0.2) is 0 Å². The van der Waals surface area contributed by atoms with Gasteiger partial charge in [-0.2, -0.15) is 13.2 Å². The zero-order valence-corrected chi connectivity index (χ0v) is 26.2. The second-order valence-electron chi connectivity index (χ2n) is 11.9. The highest BCUT2D eigenvalue weighted by molar-refractivity contribution is 7.32. The fraction of sp³-hybridized carbons (Fsp3) is 0.143. The van der Waals surface area contributed by atoms with E-state index in [9.17, 15) is 32.3 Å². The summed E-state index contributed by atoms with van der Waals surface area (Å²) >= 11 is 4.69. The third kappa shape index (κ3) is 3.95. The molecular formula is C35H19F3O4S3. The topological polar surface area (TPSA) is 68.3 Å². The average Bonchev–Trinajstić information content (AvgIpc) is 3.78. The second kappa shape index (κ2) is 9.15. The number of aryl methyl sites for hydroxylation is 1. The fourth-order valence-electron chi connectivity index (χ4n) is 6.48. The van der Waals surface area contributed by atoms with Crippen LogP contribution in [-0.4, -0.2) is 23.1 Å². The summed E-state index contributed by atoms with van der Waals surface area (Å²) in [6.45, 7) is 6.17. The van der Waals surface area contributed by atoms with E-state index >= 15 is 0 Å². The van der Waals surface area contributed by atoms with Gasteiger partial charge < -0.3 is 0 Å². The number of carbonyl (C=O) groups is 4. The minimum Gasteiger partial charge on any atom is -0.285 e. The van der Waals surface area contributed by atoms with Crippen LogP contribution in [0.15, 0.2) is 48.5 Å². The molecule has 222 valence electrons. The van der Waals surface area contributed by atoms with E-state index in [0.717, 1.165) is 57.7 Å². The van der Waals surface area contributed by atoms with Crippen molar-refractivity contribution in [3.8, 4) is 9.75 Å². The SMILES string of the molecule is Cc1ccc2c(c1)C(=O)C(=O)/C2=C\c1cc2c(s1)-c1sc3cc(/C=C4\C(=O)C(=O)c5cc(C(F)(F)F)ccc54)sc3c1C2(C)C. The summed E-state index contributed by atoms with van der Waals surface area (Å²) < 4.78 is 41.7. The first kappa shape index (κ1) is 28.2. The Hall–Kier alpha value is -4.25. The summed E-state index contributed by atoms with van der Waals surface area (Å²) in [5.74, 6) is -2.71. The maximum atomic E-state index is 13.2. The van der Waals surface area contributed by atoms with Crippen LogP contribution < -0.4 is 0 Å². The Bertz CT molecular complexity index is 2320. The van der Waals surface area contributed by atoms with Gasteiger partial charge in [0.1, 0.15) is 0 Å². The second-order valence-corrected chi connectivity index (χ2v) is 15.1. The molecular weight excluding hydrogens is 638 g/mol. The molecule has 2 aromatic carbocycles. The molecule has 0 fully saturated rings. The average molecular weight is 657 g/mol. The molecule has 0 atom stereocenters. The fourth-order valence-corrected chi connectivity index (χ4v) is 10.8. The zero-order valence-electron chi connectivity index (χ0n) is 23.8. The lowest BCUT2D eigenvalue weighted by atomic mass is 9.84. The van der Waals surface area contributed by atoms with E-state index in [1.165, 1.54) is 17.4 Å². The van der Waals surface area contributed by atoms with Gasteiger partial charge in [0.05, 0.1) is 15.1 Å². The summed E-state index contributed by atoms with van der Waals surface area (Å²) in [4.78, 5) is 54.8. The van der Waals surface area contributed by atoms with E-state index < -0.39 is 34.9 Å². The Kier molecular flexibility index (Phi) is 5.74. The molecule has 3 aliphatic rings. The smallest absolute Gasteiger partial charge is 0.285 e. The number of thiophene rings is 3. The van der Waals surface area contributed by atoms with E-state index in [-0.39, 0.29) is 22.1 Å². The molecule has 0 bridgehead atoms. The molecule has 0 radical (unpaired) electrons. The van der Waals surface area contributed by atoms with Gasteiger partial charge in [0.25, 0.3) is 0 Å². The normalized spacial score (nSPS) is 18.4. The predicted octanol–water partition coefficient (Wildman–Crippen LogP) is 9.27. The van der Waals surface area contributed by atoms with E-state index in [0.29, 0.717) is 16.7 Å². The first-order chi connectivity index (χ1) is 21.2. The van der Waals surface area contributed by atoms with Crippen LogP contribution in [0.5, 0.6) is 0 Å². The number of fused-ring (bicyclic) bond motifs is 7. The molecule has 4 nitrogen and oxygen atoms in total. The Morgan fingerprint density at radius 1 is 0.667 bits per heavy atom. The van der Waals surface area contributed by atoms with Crippen molar-refractivity contribution >= 4 is 89.8 Å². The van der Waals surface area contributed by atoms with Gasteiger partial charge in [-0.3, -0.25) is 19.2 Å². The number of alkyl halides is 3. The number of Topliss-reactive ketones (excluding diaryl/α,β-unsaturated/α-hetero) is 4. The van der Waals surface area contributed by atoms with Crippen LogP contribution in [-0.2, 0) is 21.2 Å². The molecule has 0 saturated carbocycles. The highest BCUT2D eigenvalue weighted by Crippen LogP contribution is 2.59. The van der Waals surface area contributed by atoms with Gasteiger partial charge in [-0.05, 0) is 71.7 Å². The third-order valence-electron chi connectivity index (χ3n) is 8.71. The number of hydrogen-bond acceptors (Lipinski definition) is 7. The minimum absolute atomic E-state index is 0.0991. The number of hydrogen-bond donors (Lipinski definition) is 0. The van der Waals surface area contributed by atoms with E-state index in [1.54, 1.807) is 34.8 Å². The molecule has 3 heterocycles. The number of allylic oxidation sites excluding steroid dienone is 2. The van der Waals surface area contributed by atoms with Gasteiger partial charge in [-0.1, -0.05) is 37.6 Å². The van der Waals surface area contributed by atoms with E-state index in [4.69, 9.17) is 0 Å². The lowest BCUT2D eigenvalue weighted by Gasteiger charge is -2.19. The predicted molar refractivity (Wildman–Crippen MR) is 172 cm³/mol. The van der Waals surface area contributed by atoms with Crippen molar-refractivity contribution in [2.75, 3.05) is 0 Å². The highest BCUT2D eigenvalue weighted by Gasteiger charge is 2.42. The van der Waals surface area contributed by atoms with Crippen molar-refractivity contribution in [2.24, 2.45) is 0 Å². The molecule has 0 N–H and O–H groups in total. The molecule has 3 aliphatic carbocycles. The molecule has 0 aliphatic heterocycles. The van der Waals surface area contributed by atoms with Crippen molar-refractivity contribution < 1.29 is 32.3 Å².